The minimum absolute atomic E-state index is 0.183. The molecule has 2 aromatic rings. The lowest BCUT2D eigenvalue weighted by atomic mass is 9.69. The van der Waals surface area contributed by atoms with Crippen molar-refractivity contribution in [2.75, 3.05) is 5.32 Å². The van der Waals surface area contributed by atoms with Crippen LogP contribution in [0.5, 0.6) is 0 Å². The molecule has 6 heteroatoms. The topological polar surface area (TPSA) is 71.4 Å². The van der Waals surface area contributed by atoms with Crippen LogP contribution in [-0.2, 0) is 9.59 Å². The molecule has 1 aliphatic carbocycles. The molecule has 3 atom stereocenters. The summed E-state index contributed by atoms with van der Waals surface area (Å²) in [5.41, 5.74) is 3.21. The van der Waals surface area contributed by atoms with Crippen molar-refractivity contribution in [2.45, 2.75) is 39.5 Å². The molecule has 0 spiro atoms. The molecule has 0 bridgehead atoms. The first kappa shape index (κ1) is 18.7. The number of carbonyl (C=O) groups is 2. The predicted molar refractivity (Wildman–Crippen MR) is 112 cm³/mol. The second-order valence-electron chi connectivity index (χ2n) is 7.73. The first-order chi connectivity index (χ1) is 13.4. The average Bonchev–Trinajstić information content (AvgIpc) is 3.16. The Bertz CT molecular complexity index is 974. The molecule has 4 rings (SSSR count). The Labute approximate surface area is 168 Å². The van der Waals surface area contributed by atoms with Gasteiger partial charge in [0, 0.05) is 40.4 Å². The van der Waals surface area contributed by atoms with E-state index in [1.165, 1.54) is 0 Å². The van der Waals surface area contributed by atoms with Crippen molar-refractivity contribution in [3.63, 3.8) is 0 Å². The number of hydrogen-bond donors (Lipinski definition) is 1. The van der Waals surface area contributed by atoms with Gasteiger partial charge in [0.25, 0.3) is 5.91 Å². The Balaban J connectivity index is 1.75. The molecular formula is C22H23N3O2S. The number of amides is 1. The molecule has 144 valence electrons. The second-order valence-corrected chi connectivity index (χ2v) is 8.71. The van der Waals surface area contributed by atoms with Crippen LogP contribution in [0.25, 0.3) is 0 Å². The third-order valence-electron chi connectivity index (χ3n) is 5.41. The second kappa shape index (κ2) is 7.43. The number of nitrogens with one attached hydrogen (secondary N) is 1. The van der Waals surface area contributed by atoms with E-state index in [2.05, 4.69) is 17.2 Å². The molecule has 0 radical (unpaired) electrons. The first-order valence-electron chi connectivity index (χ1n) is 9.52. The Kier molecular flexibility index (Phi) is 4.98. The summed E-state index contributed by atoms with van der Waals surface area (Å²) in [5, 5.41) is 4.89. The number of allylic oxidation sites excluding steroid dienone is 1. The number of pyridine rings is 1. The highest BCUT2D eigenvalue weighted by Crippen LogP contribution is 2.45. The van der Waals surface area contributed by atoms with E-state index in [1.807, 2.05) is 37.4 Å². The van der Waals surface area contributed by atoms with Crippen molar-refractivity contribution in [2.24, 2.45) is 16.8 Å². The smallest absolute Gasteiger partial charge is 0.255 e. The molecule has 28 heavy (non-hydrogen) atoms. The summed E-state index contributed by atoms with van der Waals surface area (Å²) in [6.45, 7) is 5.90. The average molecular weight is 394 g/mol. The van der Waals surface area contributed by atoms with Crippen LogP contribution in [0.3, 0.4) is 0 Å². The van der Waals surface area contributed by atoms with Crippen molar-refractivity contribution in [3.8, 4) is 0 Å². The largest absolute Gasteiger partial charge is 0.307 e. The maximum Gasteiger partial charge on any atom is 0.255 e. The number of aromatic nitrogens is 1. The molecule has 2 aromatic heterocycles. The summed E-state index contributed by atoms with van der Waals surface area (Å²) in [4.78, 5) is 36.2. The van der Waals surface area contributed by atoms with E-state index in [9.17, 15) is 9.59 Å². The number of aryl methyl sites for hydroxylation is 1. The van der Waals surface area contributed by atoms with Gasteiger partial charge in [0.15, 0.2) is 0 Å². The lowest BCUT2D eigenvalue weighted by molar-refractivity contribution is -0.123. The number of anilines is 1. The highest BCUT2D eigenvalue weighted by molar-refractivity contribution is 7.10. The number of hydrogen-bond acceptors (Lipinski definition) is 5. The van der Waals surface area contributed by atoms with Crippen molar-refractivity contribution in [1.82, 2.24) is 4.98 Å². The maximum atomic E-state index is 13.2. The van der Waals surface area contributed by atoms with Crippen LogP contribution in [0.2, 0.25) is 0 Å². The van der Waals surface area contributed by atoms with Gasteiger partial charge in [0.1, 0.15) is 11.6 Å². The summed E-state index contributed by atoms with van der Waals surface area (Å²) in [6, 6.07) is 7.67. The van der Waals surface area contributed by atoms with Crippen LogP contribution in [0.4, 0.5) is 5.82 Å². The molecule has 5 nitrogen and oxygen atoms in total. The van der Waals surface area contributed by atoms with Crippen LogP contribution in [0, 0.1) is 18.8 Å². The molecule has 0 unspecified atom stereocenters. The Morgan fingerprint density at radius 1 is 1.18 bits per heavy atom. The number of nitrogens with zero attached hydrogens (tertiary/aromatic N) is 2. The normalized spacial score (nSPS) is 24.6. The molecule has 0 saturated heterocycles. The summed E-state index contributed by atoms with van der Waals surface area (Å²) in [5.74, 6) is 0.123. The summed E-state index contributed by atoms with van der Waals surface area (Å²) in [7, 11) is 0. The predicted octanol–water partition coefficient (Wildman–Crippen LogP) is 4.52. The monoisotopic (exact) mass is 393 g/mol. The van der Waals surface area contributed by atoms with Gasteiger partial charge in [-0.15, -0.1) is 11.3 Å². The molecule has 1 saturated carbocycles. The van der Waals surface area contributed by atoms with Gasteiger partial charge in [0.05, 0.1) is 5.92 Å². The van der Waals surface area contributed by atoms with Crippen LogP contribution in [-0.4, -0.2) is 22.4 Å². The van der Waals surface area contributed by atoms with Gasteiger partial charge in [-0.1, -0.05) is 19.1 Å². The molecular weight excluding hydrogens is 370 g/mol. The number of aliphatic imine (C=N–C) groups is 1. The molecule has 2 aliphatic rings. The van der Waals surface area contributed by atoms with Crippen molar-refractivity contribution < 1.29 is 9.59 Å². The standard InChI is InChI=1S/C22H23N3O2S/c1-12-6-7-18(23-11-12)25-22(27)19-14(3)24-15-9-13(2)10-16(26)20(15)21(19)17-5-4-8-28-17/h4-8,11,13,20-21H,9-10H2,1-3H3,(H,23,25,27)/t13-,20-,21+/m1/s1. The van der Waals surface area contributed by atoms with E-state index in [0.717, 1.165) is 22.6 Å². The fourth-order valence-electron chi connectivity index (χ4n) is 4.18. The maximum absolute atomic E-state index is 13.2. The Morgan fingerprint density at radius 3 is 2.68 bits per heavy atom. The van der Waals surface area contributed by atoms with Crippen LogP contribution in [0.15, 0.2) is 52.1 Å². The number of fused-ring (bicyclic) bond motifs is 1. The minimum Gasteiger partial charge on any atom is -0.307 e. The minimum atomic E-state index is -0.342. The van der Waals surface area contributed by atoms with E-state index in [4.69, 9.17) is 4.99 Å². The molecule has 0 aromatic carbocycles. The zero-order chi connectivity index (χ0) is 19.8. The number of carbonyl (C=O) groups excluding carboxylic acids is 2. The van der Waals surface area contributed by atoms with Crippen LogP contribution >= 0.6 is 11.3 Å². The summed E-state index contributed by atoms with van der Waals surface area (Å²) >= 11 is 1.58. The Morgan fingerprint density at radius 2 is 2.00 bits per heavy atom. The van der Waals surface area contributed by atoms with E-state index < -0.39 is 0 Å². The van der Waals surface area contributed by atoms with Gasteiger partial charge < -0.3 is 5.32 Å². The molecule has 1 amide bonds. The zero-order valence-corrected chi connectivity index (χ0v) is 17.0. The quantitative estimate of drug-likeness (QED) is 0.833. The van der Waals surface area contributed by atoms with E-state index in [-0.39, 0.29) is 23.5 Å². The number of thiophene rings is 1. The van der Waals surface area contributed by atoms with Gasteiger partial charge in [-0.25, -0.2) is 4.98 Å². The number of Topliss-reactive ketones (excluding diaryl/α,β-unsaturated/α-hetero) is 1. The zero-order valence-electron chi connectivity index (χ0n) is 16.2. The van der Waals surface area contributed by atoms with E-state index >= 15 is 0 Å². The number of ketones is 1. The van der Waals surface area contributed by atoms with Gasteiger partial charge >= 0.3 is 0 Å². The highest BCUT2D eigenvalue weighted by Gasteiger charge is 2.45. The summed E-state index contributed by atoms with van der Waals surface area (Å²) in [6.07, 6.45) is 3.07. The van der Waals surface area contributed by atoms with Crippen molar-refractivity contribution in [1.29, 1.82) is 0 Å². The molecule has 1 aliphatic heterocycles. The Hall–Kier alpha value is -2.60. The fourth-order valence-corrected chi connectivity index (χ4v) is 5.05. The molecule has 1 fully saturated rings. The first-order valence-corrected chi connectivity index (χ1v) is 10.4. The van der Waals surface area contributed by atoms with Crippen molar-refractivity contribution >= 4 is 34.6 Å². The van der Waals surface area contributed by atoms with Gasteiger partial charge in [0.2, 0.25) is 0 Å². The third-order valence-corrected chi connectivity index (χ3v) is 6.36. The van der Waals surface area contributed by atoms with Gasteiger partial charge in [-0.3, -0.25) is 14.6 Å². The van der Waals surface area contributed by atoms with Crippen molar-refractivity contribution in [3.05, 3.63) is 57.6 Å². The lowest BCUT2D eigenvalue weighted by Crippen LogP contribution is -2.41. The third kappa shape index (κ3) is 3.44. The summed E-state index contributed by atoms with van der Waals surface area (Å²) < 4.78 is 0. The van der Waals surface area contributed by atoms with Gasteiger partial charge in [-0.05, 0) is 49.3 Å². The number of rotatable bonds is 3. The molecule has 1 N–H and O–H groups in total. The van der Waals surface area contributed by atoms with E-state index in [0.29, 0.717) is 29.4 Å². The molecule has 3 heterocycles. The highest BCUT2D eigenvalue weighted by atomic mass is 32.1. The van der Waals surface area contributed by atoms with Gasteiger partial charge in [-0.2, -0.15) is 0 Å². The SMILES string of the molecule is CC1=C(C(=O)Nc2ccc(C)cn2)[C@H](c2cccs2)[C@H]2C(=O)C[C@H](C)CC2=N1. The lowest BCUT2D eigenvalue weighted by Gasteiger charge is -2.37. The van der Waals surface area contributed by atoms with Crippen LogP contribution in [0.1, 0.15) is 43.0 Å². The fraction of sp³-hybridized carbons (Fsp3) is 0.364. The van der Waals surface area contributed by atoms with E-state index in [1.54, 1.807) is 23.6 Å². The van der Waals surface area contributed by atoms with Crippen LogP contribution < -0.4 is 5.32 Å².